The maximum absolute atomic E-state index is 13.4. The largest absolute Gasteiger partial charge is 0.397 e. The molecule has 0 atom stereocenters. The summed E-state index contributed by atoms with van der Waals surface area (Å²) in [6.45, 7) is 0. The zero-order chi connectivity index (χ0) is 24.7. The fourth-order valence-corrected chi connectivity index (χ4v) is 5.48. The molecule has 0 amide bonds. The molecule has 0 fully saturated rings. The van der Waals surface area contributed by atoms with E-state index in [1.807, 2.05) is 42.5 Å². The first-order valence-corrected chi connectivity index (χ1v) is 12.7. The highest BCUT2D eigenvalue weighted by molar-refractivity contribution is 7.99. The molecule has 1 aliphatic carbocycles. The number of hydrogen-bond donors (Lipinski definition) is 3. The monoisotopic (exact) mass is 502 g/mol. The molecule has 0 unspecified atom stereocenters. The zero-order valence-corrected chi connectivity index (χ0v) is 19.7. The van der Waals surface area contributed by atoms with Crippen LogP contribution in [0.1, 0.15) is 31.8 Å². The van der Waals surface area contributed by atoms with Crippen LogP contribution in [0.3, 0.4) is 0 Å². The van der Waals surface area contributed by atoms with Crippen LogP contribution in [0.25, 0.3) is 0 Å². The van der Waals surface area contributed by atoms with Crippen LogP contribution in [0.5, 0.6) is 0 Å². The Morgan fingerprint density at radius 2 is 1.29 bits per heavy atom. The van der Waals surface area contributed by atoms with Crippen molar-refractivity contribution in [1.29, 1.82) is 0 Å². The van der Waals surface area contributed by atoms with Crippen molar-refractivity contribution >= 4 is 50.5 Å². The van der Waals surface area contributed by atoms with Crippen LogP contribution < -0.4 is 11.1 Å². The van der Waals surface area contributed by atoms with Crippen LogP contribution in [0.2, 0.25) is 0 Å². The van der Waals surface area contributed by atoms with Gasteiger partial charge in [0.1, 0.15) is 4.90 Å². The molecule has 4 aromatic rings. The van der Waals surface area contributed by atoms with E-state index in [1.165, 1.54) is 12.1 Å². The quantitative estimate of drug-likeness (QED) is 0.221. The molecule has 0 heterocycles. The van der Waals surface area contributed by atoms with Gasteiger partial charge in [0.25, 0.3) is 10.1 Å². The van der Waals surface area contributed by atoms with Crippen LogP contribution >= 0.6 is 11.8 Å². The third-order valence-electron chi connectivity index (χ3n) is 5.59. The molecule has 9 heteroatoms. The zero-order valence-electron chi connectivity index (χ0n) is 18.1. The smallest absolute Gasteiger partial charge is 0.296 e. The van der Waals surface area contributed by atoms with Crippen molar-refractivity contribution in [3.8, 4) is 0 Å². The molecular formula is C26H18N2O5S2. The summed E-state index contributed by atoms with van der Waals surface area (Å²) in [6, 6.07) is 24.4. The van der Waals surface area contributed by atoms with Gasteiger partial charge in [0.05, 0.1) is 22.5 Å². The molecule has 0 saturated carbocycles. The second-order valence-corrected chi connectivity index (χ2v) is 10.4. The summed E-state index contributed by atoms with van der Waals surface area (Å²) < 4.78 is 33.8. The number of ketones is 2. The van der Waals surface area contributed by atoms with Crippen LogP contribution in [-0.2, 0) is 10.1 Å². The minimum atomic E-state index is -4.77. The lowest BCUT2D eigenvalue weighted by atomic mass is 9.82. The maximum atomic E-state index is 13.4. The van der Waals surface area contributed by atoms with Gasteiger partial charge in [0.2, 0.25) is 0 Å². The molecular weight excluding hydrogens is 484 g/mol. The van der Waals surface area contributed by atoms with Crippen molar-refractivity contribution in [1.82, 2.24) is 0 Å². The number of nitrogen functional groups attached to an aromatic ring is 1. The summed E-state index contributed by atoms with van der Waals surface area (Å²) in [4.78, 5) is 28.0. The first kappa shape index (κ1) is 22.9. The Labute approximate surface area is 205 Å². The number of carbonyl (C=O) groups excluding carboxylic acids is 2. The average Bonchev–Trinajstić information content (AvgIpc) is 2.84. The Morgan fingerprint density at radius 1 is 0.743 bits per heavy atom. The summed E-state index contributed by atoms with van der Waals surface area (Å²) in [5.74, 6) is -1.06. The molecule has 0 radical (unpaired) electrons. The minimum Gasteiger partial charge on any atom is -0.397 e. The van der Waals surface area contributed by atoms with Crippen molar-refractivity contribution in [3.05, 3.63) is 107 Å². The third kappa shape index (κ3) is 4.21. The van der Waals surface area contributed by atoms with E-state index in [9.17, 15) is 22.6 Å². The van der Waals surface area contributed by atoms with Gasteiger partial charge in [-0.3, -0.25) is 14.1 Å². The van der Waals surface area contributed by atoms with Gasteiger partial charge in [-0.1, -0.05) is 54.2 Å². The standard InChI is InChI=1S/C26H18N2O5S2/c27-24-21(35(31,32)33)14-20(22-23(24)26(30)19-9-5-4-8-18(19)25(22)29)28-15-10-12-17(13-11-15)34-16-6-2-1-3-7-16/h1-14,28H,27H2,(H,31,32,33). The average molecular weight is 503 g/mol. The van der Waals surface area contributed by atoms with Gasteiger partial charge in [0, 0.05) is 26.6 Å². The van der Waals surface area contributed by atoms with E-state index in [0.717, 1.165) is 15.9 Å². The van der Waals surface area contributed by atoms with Crippen molar-refractivity contribution < 1.29 is 22.6 Å². The summed E-state index contributed by atoms with van der Waals surface area (Å²) in [7, 11) is -4.77. The van der Waals surface area contributed by atoms with Gasteiger partial charge in [0.15, 0.2) is 11.6 Å². The van der Waals surface area contributed by atoms with Crippen molar-refractivity contribution in [2.24, 2.45) is 0 Å². The lowest BCUT2D eigenvalue weighted by molar-refractivity contribution is 0.0980. The van der Waals surface area contributed by atoms with Gasteiger partial charge < -0.3 is 11.1 Å². The normalized spacial score (nSPS) is 12.7. The second-order valence-electron chi connectivity index (χ2n) is 7.83. The van der Waals surface area contributed by atoms with E-state index in [1.54, 1.807) is 36.0 Å². The van der Waals surface area contributed by atoms with E-state index >= 15 is 0 Å². The Hall–Kier alpha value is -3.92. The van der Waals surface area contributed by atoms with Crippen molar-refractivity contribution in [2.45, 2.75) is 14.7 Å². The number of carbonyl (C=O) groups is 2. The Kier molecular flexibility index (Phi) is 5.68. The summed E-state index contributed by atoms with van der Waals surface area (Å²) in [6.07, 6.45) is 0. The maximum Gasteiger partial charge on any atom is 0.296 e. The number of nitrogens with two attached hydrogens (primary N) is 1. The number of rotatable bonds is 5. The lowest BCUT2D eigenvalue weighted by Gasteiger charge is -2.23. The number of fused-ring (bicyclic) bond motifs is 2. The van der Waals surface area contributed by atoms with Gasteiger partial charge in [-0.05, 0) is 42.5 Å². The van der Waals surface area contributed by atoms with Crippen molar-refractivity contribution in [2.75, 3.05) is 11.1 Å². The fourth-order valence-electron chi connectivity index (χ4n) is 3.99. The van der Waals surface area contributed by atoms with Gasteiger partial charge in [-0.25, -0.2) is 0 Å². The number of anilines is 3. The van der Waals surface area contributed by atoms with E-state index in [-0.39, 0.29) is 27.9 Å². The van der Waals surface area contributed by atoms with E-state index in [0.29, 0.717) is 5.69 Å². The van der Waals surface area contributed by atoms with E-state index in [4.69, 9.17) is 5.73 Å². The summed E-state index contributed by atoms with van der Waals surface area (Å²) >= 11 is 1.57. The molecule has 1 aliphatic rings. The molecule has 35 heavy (non-hydrogen) atoms. The molecule has 7 nitrogen and oxygen atoms in total. The van der Waals surface area contributed by atoms with Gasteiger partial charge in [-0.2, -0.15) is 8.42 Å². The molecule has 0 bridgehead atoms. The SMILES string of the molecule is Nc1c(S(=O)(=O)O)cc(Nc2ccc(Sc3ccccc3)cc2)c2c1C(=O)c1ccccc1C2=O. The van der Waals surface area contributed by atoms with Gasteiger partial charge >= 0.3 is 0 Å². The Balaban J connectivity index is 1.59. The van der Waals surface area contributed by atoms with E-state index < -0.39 is 32.3 Å². The minimum absolute atomic E-state index is 0.0404. The first-order valence-electron chi connectivity index (χ1n) is 10.5. The topological polar surface area (TPSA) is 127 Å². The molecule has 0 aliphatic heterocycles. The Morgan fingerprint density at radius 3 is 1.89 bits per heavy atom. The highest BCUT2D eigenvalue weighted by atomic mass is 32.2. The highest BCUT2D eigenvalue weighted by Gasteiger charge is 2.36. The molecule has 4 N–H and O–H groups in total. The molecule has 0 saturated heterocycles. The number of hydrogen-bond acceptors (Lipinski definition) is 7. The molecule has 0 spiro atoms. The molecule has 174 valence electrons. The van der Waals surface area contributed by atoms with Crippen LogP contribution in [0.4, 0.5) is 17.1 Å². The predicted molar refractivity (Wildman–Crippen MR) is 134 cm³/mol. The highest BCUT2D eigenvalue weighted by Crippen LogP contribution is 2.40. The summed E-state index contributed by atoms with van der Waals surface area (Å²) in [5.41, 5.74) is 6.19. The first-order chi connectivity index (χ1) is 16.7. The lowest BCUT2D eigenvalue weighted by Crippen LogP contribution is -2.25. The number of benzene rings is 4. The fraction of sp³-hybridized carbons (Fsp3) is 0. The van der Waals surface area contributed by atoms with Crippen molar-refractivity contribution in [3.63, 3.8) is 0 Å². The van der Waals surface area contributed by atoms with E-state index in [2.05, 4.69) is 5.32 Å². The Bertz CT molecular complexity index is 1600. The van der Waals surface area contributed by atoms with Crippen LogP contribution in [-0.4, -0.2) is 24.5 Å². The predicted octanol–water partition coefficient (Wildman–Crippen LogP) is 5.19. The third-order valence-corrected chi connectivity index (χ3v) is 7.50. The molecule has 0 aromatic heterocycles. The second kappa shape index (κ2) is 8.70. The number of nitrogens with one attached hydrogen (secondary N) is 1. The van der Waals surface area contributed by atoms with Crippen LogP contribution in [0.15, 0.2) is 99.6 Å². The van der Waals surface area contributed by atoms with Gasteiger partial charge in [-0.15, -0.1) is 0 Å². The summed E-state index contributed by atoms with van der Waals surface area (Å²) in [5, 5.41) is 3.03. The molecule has 4 aromatic carbocycles. The van der Waals surface area contributed by atoms with Crippen LogP contribution in [0, 0.1) is 0 Å². The molecule has 5 rings (SSSR count).